The van der Waals surface area contributed by atoms with Gasteiger partial charge >= 0.3 is 126 Å². The van der Waals surface area contributed by atoms with Crippen molar-refractivity contribution in [1.29, 1.82) is 0 Å². The predicted molar refractivity (Wildman–Crippen MR) is 183 cm³/mol. The second-order valence-corrected chi connectivity index (χ2v) is 23.3. The maximum atomic E-state index is 5.73. The van der Waals surface area contributed by atoms with Gasteiger partial charge in [-0.25, -0.2) is 4.98 Å². The van der Waals surface area contributed by atoms with Crippen LogP contribution in [0.2, 0.25) is 17.3 Å². The fourth-order valence-electron chi connectivity index (χ4n) is 5.57. The number of hydrogen-bond acceptors (Lipinski definition) is 5. The topological polar surface area (TPSA) is 69.6 Å². The Morgan fingerprint density at radius 2 is 1.67 bits per heavy atom. The Balaban J connectivity index is 0.000000177. The summed E-state index contributed by atoms with van der Waals surface area (Å²) in [6.07, 6.45) is 6.32. The van der Waals surface area contributed by atoms with E-state index in [1.165, 1.54) is 5.56 Å². The van der Waals surface area contributed by atoms with Crippen LogP contribution in [0.3, 0.4) is 0 Å². The van der Waals surface area contributed by atoms with Gasteiger partial charge < -0.3 is 14.0 Å². The van der Waals surface area contributed by atoms with Crippen LogP contribution in [-0.2, 0) is 33.6 Å². The van der Waals surface area contributed by atoms with Crippen LogP contribution in [0.1, 0.15) is 25.1 Å². The molecule has 0 atom stereocenters. The first-order valence-corrected chi connectivity index (χ1v) is 22.4. The summed E-state index contributed by atoms with van der Waals surface area (Å²) in [5.41, 5.74) is 8.58. The van der Waals surface area contributed by atoms with Crippen molar-refractivity contribution in [2.45, 2.75) is 44.5 Å². The standard InChI is InChI=1S/C19H13N4O.C18H24GeN.Ir/c1-11-7-8-13-14-9-12(10-20-18(14)24-19(13)21-11)17-22-15-5-3-4-6-16(15)23(17)2;1-14(2)11-16-12-18(15-9-7-6-8-10-15)20-13-17(16)19(3,4)5;/h3-9H,1-2H3;6-9,12-14H,11H2,1-5H3;/q2*-1;. The molecule has 5 heterocycles. The molecule has 0 saturated carbocycles. The van der Waals surface area contributed by atoms with Crippen LogP contribution < -0.4 is 4.40 Å². The van der Waals surface area contributed by atoms with Gasteiger partial charge in [-0.1, -0.05) is 17.7 Å². The maximum absolute atomic E-state index is 5.73. The SMILES string of the molecule is CC(C)Cc1cc(-c2[c-]cccc2)nc[c]1[Ge]([CH3])([CH3])[CH3].Cc1ccc2c(n1)oc1n[c-]c(-c3nc4ccccc4n3C)cc12.[Ir]. The van der Waals surface area contributed by atoms with E-state index in [1.54, 1.807) is 4.40 Å². The third kappa shape index (κ3) is 6.96. The Morgan fingerprint density at radius 1 is 0.889 bits per heavy atom. The molecule has 0 unspecified atom stereocenters. The molecule has 0 aliphatic heterocycles. The Labute approximate surface area is 281 Å². The molecular weight excluding hydrogens is 795 g/mol. The normalized spacial score (nSPS) is 11.6. The zero-order valence-electron chi connectivity index (χ0n) is 26.8. The Hall–Kier alpha value is -3.65. The number of aromatic nitrogens is 5. The monoisotopic (exact) mass is 834 g/mol. The summed E-state index contributed by atoms with van der Waals surface area (Å²) < 4.78 is 9.33. The molecule has 0 aliphatic carbocycles. The molecular formula is C37H37GeIrN5O-2. The number of fused-ring (bicyclic) bond motifs is 4. The van der Waals surface area contributed by atoms with Crippen molar-refractivity contribution < 1.29 is 24.5 Å². The van der Waals surface area contributed by atoms with Gasteiger partial charge in [-0.2, -0.15) is 0 Å². The summed E-state index contributed by atoms with van der Waals surface area (Å²) in [5, 5.41) is 1.88. The van der Waals surface area contributed by atoms with Gasteiger partial charge in [-0.15, -0.1) is 6.07 Å². The zero-order chi connectivity index (χ0) is 31.0. The van der Waals surface area contributed by atoms with Gasteiger partial charge in [0, 0.05) is 38.2 Å². The molecule has 0 bridgehead atoms. The van der Waals surface area contributed by atoms with E-state index in [-0.39, 0.29) is 20.1 Å². The number of benzene rings is 2. The molecule has 0 amide bonds. The summed E-state index contributed by atoms with van der Waals surface area (Å²) in [4.78, 5) is 18.2. The van der Waals surface area contributed by atoms with Crippen molar-refractivity contribution in [3.63, 3.8) is 0 Å². The van der Waals surface area contributed by atoms with E-state index in [0.717, 1.165) is 56.6 Å². The maximum Gasteiger partial charge on any atom is 0.217 e. The molecule has 0 saturated heterocycles. The Bertz CT molecular complexity index is 2090. The second kappa shape index (κ2) is 13.4. The molecule has 0 aliphatic rings. The summed E-state index contributed by atoms with van der Waals surface area (Å²) in [7, 11) is 2.00. The van der Waals surface area contributed by atoms with E-state index in [4.69, 9.17) is 14.4 Å². The third-order valence-electron chi connectivity index (χ3n) is 7.72. The molecule has 8 heteroatoms. The minimum Gasteiger partial charge on any atom is -0.467 e. The first-order valence-electron chi connectivity index (χ1n) is 15.1. The molecule has 2 aromatic carbocycles. The summed E-state index contributed by atoms with van der Waals surface area (Å²) >= 11 is -1.86. The number of hydrogen-bond donors (Lipinski definition) is 0. The van der Waals surface area contributed by atoms with E-state index in [9.17, 15) is 0 Å². The first kappa shape index (κ1) is 32.7. The van der Waals surface area contributed by atoms with Crippen LogP contribution in [0.15, 0.2) is 83.4 Å². The van der Waals surface area contributed by atoms with Crippen LogP contribution in [-0.4, -0.2) is 37.8 Å². The van der Waals surface area contributed by atoms with Crippen LogP contribution in [0, 0.1) is 25.1 Å². The van der Waals surface area contributed by atoms with E-state index in [1.807, 2.05) is 68.6 Å². The molecule has 7 rings (SSSR count). The quantitative estimate of drug-likeness (QED) is 0.129. The molecule has 0 fully saturated rings. The number of imidazole rings is 1. The van der Waals surface area contributed by atoms with E-state index >= 15 is 0 Å². The van der Waals surface area contributed by atoms with Crippen molar-refractivity contribution in [3.8, 4) is 22.6 Å². The van der Waals surface area contributed by atoms with Gasteiger partial charge in [0.05, 0.1) is 16.9 Å². The Kier molecular flexibility index (Phi) is 9.73. The fourth-order valence-corrected chi connectivity index (χ4v) is 8.90. The van der Waals surface area contributed by atoms with Crippen LogP contribution >= 0.6 is 0 Å². The summed E-state index contributed by atoms with van der Waals surface area (Å²) in [6.45, 7) is 6.51. The predicted octanol–water partition coefficient (Wildman–Crippen LogP) is 8.33. The van der Waals surface area contributed by atoms with Crippen LogP contribution in [0.25, 0.3) is 55.9 Å². The van der Waals surface area contributed by atoms with Crippen molar-refractivity contribution in [1.82, 2.24) is 24.5 Å². The van der Waals surface area contributed by atoms with Crippen molar-refractivity contribution >= 4 is 50.9 Å². The average molecular weight is 833 g/mol. The minimum atomic E-state index is -1.86. The van der Waals surface area contributed by atoms with Gasteiger partial charge in [0.25, 0.3) is 0 Å². The zero-order valence-corrected chi connectivity index (χ0v) is 31.3. The minimum absolute atomic E-state index is 0. The summed E-state index contributed by atoms with van der Waals surface area (Å²) in [6, 6.07) is 27.7. The van der Waals surface area contributed by atoms with Crippen LogP contribution in [0.4, 0.5) is 0 Å². The van der Waals surface area contributed by atoms with Crippen LogP contribution in [0.5, 0.6) is 0 Å². The third-order valence-corrected chi connectivity index (χ3v) is 12.1. The van der Waals surface area contributed by atoms with E-state index in [2.05, 4.69) is 82.3 Å². The van der Waals surface area contributed by atoms with Crippen molar-refractivity contribution in [2.75, 3.05) is 0 Å². The molecule has 1 radical (unpaired) electrons. The second-order valence-electron chi connectivity index (χ2n) is 12.7. The number of para-hydroxylation sites is 2. The van der Waals surface area contributed by atoms with Gasteiger partial charge in [0.1, 0.15) is 5.71 Å². The average Bonchev–Trinajstić information content (AvgIpc) is 3.53. The molecule has 5 aromatic heterocycles. The van der Waals surface area contributed by atoms with Gasteiger partial charge in [-0.05, 0) is 42.8 Å². The number of rotatable bonds is 5. The van der Waals surface area contributed by atoms with Gasteiger partial charge in [0.15, 0.2) is 0 Å². The number of aryl methyl sites for hydroxylation is 2. The van der Waals surface area contributed by atoms with E-state index in [0.29, 0.717) is 17.3 Å². The van der Waals surface area contributed by atoms with Crippen molar-refractivity contribution in [3.05, 3.63) is 103 Å². The molecule has 45 heavy (non-hydrogen) atoms. The van der Waals surface area contributed by atoms with Gasteiger partial charge in [0.2, 0.25) is 5.71 Å². The fraction of sp³-hybridized carbons (Fsp3) is 0.243. The molecule has 6 nitrogen and oxygen atoms in total. The molecule has 231 valence electrons. The number of pyridine rings is 3. The Morgan fingerprint density at radius 3 is 2.38 bits per heavy atom. The van der Waals surface area contributed by atoms with Crippen molar-refractivity contribution in [2.24, 2.45) is 13.0 Å². The summed E-state index contributed by atoms with van der Waals surface area (Å²) in [5.74, 6) is 8.83. The van der Waals surface area contributed by atoms with Gasteiger partial charge in [-0.3, -0.25) is 4.98 Å². The molecule has 7 aromatic rings. The smallest absolute Gasteiger partial charge is 0.217 e. The number of nitrogens with zero attached hydrogens (tertiary/aromatic N) is 5. The molecule has 0 spiro atoms. The first-order chi connectivity index (χ1) is 21.1. The number of furan rings is 1. The van der Waals surface area contributed by atoms with E-state index < -0.39 is 13.3 Å². The largest absolute Gasteiger partial charge is 0.467 e. The molecule has 0 N–H and O–H groups in total.